The molecule has 1 aliphatic carbocycles. The zero-order valence-electron chi connectivity index (χ0n) is 16.0. The van der Waals surface area contributed by atoms with Gasteiger partial charge in [0.1, 0.15) is 11.5 Å². The van der Waals surface area contributed by atoms with Crippen molar-refractivity contribution in [1.29, 1.82) is 0 Å². The maximum absolute atomic E-state index is 12.6. The van der Waals surface area contributed by atoms with Crippen molar-refractivity contribution in [1.82, 2.24) is 10.3 Å². The summed E-state index contributed by atoms with van der Waals surface area (Å²) >= 11 is 5.79. The number of pyridine rings is 1. The second-order valence-corrected chi connectivity index (χ2v) is 7.98. The fourth-order valence-electron chi connectivity index (χ4n) is 4.20. The van der Waals surface area contributed by atoms with Gasteiger partial charge >= 0.3 is 0 Å². The molecule has 0 radical (unpaired) electrons. The number of amides is 1. The van der Waals surface area contributed by atoms with Crippen LogP contribution in [0.1, 0.15) is 57.9 Å². The molecule has 1 saturated carbocycles. The largest absolute Gasteiger partial charge is 0.351 e. The minimum Gasteiger partial charge on any atom is -0.351 e. The zero-order chi connectivity index (χ0) is 19.6. The van der Waals surface area contributed by atoms with Gasteiger partial charge in [0.05, 0.1) is 5.02 Å². The molecule has 142 valence electrons. The van der Waals surface area contributed by atoms with E-state index < -0.39 is 0 Å². The number of benzene rings is 1. The fraction of sp³-hybridized carbons (Fsp3) is 0.409. The predicted molar refractivity (Wildman–Crippen MR) is 107 cm³/mol. The van der Waals surface area contributed by atoms with E-state index in [0.717, 1.165) is 12.8 Å². The first-order valence-corrected chi connectivity index (χ1v) is 9.73. The highest BCUT2D eigenvalue weighted by Crippen LogP contribution is 2.39. The summed E-state index contributed by atoms with van der Waals surface area (Å²) in [4.78, 5) is 28.8. The van der Waals surface area contributed by atoms with E-state index >= 15 is 0 Å². The van der Waals surface area contributed by atoms with Crippen LogP contribution in [-0.4, -0.2) is 23.2 Å². The van der Waals surface area contributed by atoms with Crippen LogP contribution in [0.5, 0.6) is 0 Å². The van der Waals surface area contributed by atoms with Gasteiger partial charge in [-0.2, -0.15) is 0 Å². The summed E-state index contributed by atoms with van der Waals surface area (Å²) in [6, 6.07) is 7.57. The van der Waals surface area contributed by atoms with Gasteiger partial charge in [-0.15, -0.1) is 0 Å². The van der Waals surface area contributed by atoms with Crippen molar-refractivity contribution in [3.05, 3.63) is 63.4 Å². The summed E-state index contributed by atoms with van der Waals surface area (Å²) in [7, 11) is 0. The van der Waals surface area contributed by atoms with E-state index in [0.29, 0.717) is 35.4 Å². The van der Waals surface area contributed by atoms with E-state index in [4.69, 9.17) is 11.6 Å². The molecule has 2 unspecified atom stereocenters. The normalized spacial score (nSPS) is 19.3. The summed E-state index contributed by atoms with van der Waals surface area (Å²) in [5.74, 6) is 0.406. The van der Waals surface area contributed by atoms with Gasteiger partial charge in [0.15, 0.2) is 0 Å². The Morgan fingerprint density at radius 3 is 2.56 bits per heavy atom. The quantitative estimate of drug-likeness (QED) is 0.823. The van der Waals surface area contributed by atoms with Gasteiger partial charge in [0.25, 0.3) is 5.91 Å². The summed E-state index contributed by atoms with van der Waals surface area (Å²) in [5, 5.41) is 3.39. The molecule has 1 heterocycles. The van der Waals surface area contributed by atoms with Crippen molar-refractivity contribution >= 4 is 23.3 Å². The lowest BCUT2D eigenvalue weighted by atomic mass is 9.87. The highest BCUT2D eigenvalue weighted by molar-refractivity contribution is 6.30. The number of rotatable bonds is 5. The van der Waals surface area contributed by atoms with Crippen LogP contribution in [0.2, 0.25) is 5.02 Å². The lowest BCUT2D eigenvalue weighted by Crippen LogP contribution is -2.26. The Labute approximate surface area is 165 Å². The third-order valence-corrected chi connectivity index (χ3v) is 5.56. The van der Waals surface area contributed by atoms with Crippen LogP contribution in [0, 0.1) is 26.7 Å². The van der Waals surface area contributed by atoms with Crippen LogP contribution >= 0.6 is 11.6 Å². The Hall–Kier alpha value is -2.20. The average molecular weight is 385 g/mol. The molecule has 5 heteroatoms. The monoisotopic (exact) mass is 384 g/mol. The Kier molecular flexibility index (Phi) is 5.95. The van der Waals surface area contributed by atoms with Crippen molar-refractivity contribution in [2.75, 3.05) is 6.54 Å². The number of carbonyl (C=O) groups is 2. The van der Waals surface area contributed by atoms with Crippen LogP contribution in [-0.2, 0) is 4.79 Å². The van der Waals surface area contributed by atoms with Crippen LogP contribution in [0.25, 0.3) is 0 Å². The van der Waals surface area contributed by atoms with Gasteiger partial charge < -0.3 is 5.32 Å². The van der Waals surface area contributed by atoms with Gasteiger partial charge in [-0.25, -0.2) is 4.98 Å². The van der Waals surface area contributed by atoms with Gasteiger partial charge in [-0.3, -0.25) is 9.59 Å². The van der Waals surface area contributed by atoms with Crippen LogP contribution in [0.3, 0.4) is 0 Å². The smallest absolute Gasteiger partial charge is 0.269 e. The Balaban J connectivity index is 1.57. The topological polar surface area (TPSA) is 59.1 Å². The molecule has 0 aliphatic heterocycles. The summed E-state index contributed by atoms with van der Waals surface area (Å²) in [5.41, 5.74) is 5.18. The Morgan fingerprint density at radius 2 is 1.93 bits per heavy atom. The van der Waals surface area contributed by atoms with Gasteiger partial charge in [0, 0.05) is 25.1 Å². The molecule has 1 fully saturated rings. The number of ketones is 1. The molecule has 0 saturated heterocycles. The highest BCUT2D eigenvalue weighted by atomic mass is 35.5. The van der Waals surface area contributed by atoms with E-state index in [1.165, 1.54) is 28.5 Å². The standard InChI is InChI=1S/C22H25ClN2O2/c1-13-8-14(2)21(15(3)9-13)18-10-16(11-20(18)26)6-7-24-22(27)19-5-4-17(23)12-25-19/h4-5,8-9,12,16,18H,6-7,10-11H2,1-3H3,(H,24,27). The average Bonchev–Trinajstić information content (AvgIpc) is 2.95. The molecular weight excluding hydrogens is 360 g/mol. The minimum atomic E-state index is -0.210. The Morgan fingerprint density at radius 1 is 1.22 bits per heavy atom. The summed E-state index contributed by atoms with van der Waals surface area (Å²) in [6.07, 6.45) is 3.71. The van der Waals surface area contributed by atoms with Crippen LogP contribution in [0.4, 0.5) is 0 Å². The van der Waals surface area contributed by atoms with Gasteiger partial charge in [-0.05, 0) is 68.4 Å². The van der Waals surface area contributed by atoms with E-state index in [-0.39, 0.29) is 11.8 Å². The van der Waals surface area contributed by atoms with Crippen molar-refractivity contribution in [3.8, 4) is 0 Å². The maximum Gasteiger partial charge on any atom is 0.269 e. The van der Waals surface area contributed by atoms with E-state index in [2.05, 4.69) is 43.2 Å². The zero-order valence-corrected chi connectivity index (χ0v) is 16.8. The third-order valence-electron chi connectivity index (χ3n) is 5.33. The van der Waals surface area contributed by atoms with Gasteiger partial charge in [0.2, 0.25) is 0 Å². The number of carbonyl (C=O) groups excluding carboxylic acids is 2. The third kappa shape index (κ3) is 4.56. The molecule has 2 atom stereocenters. The van der Waals surface area contributed by atoms with E-state index in [1.807, 2.05) is 0 Å². The van der Waals surface area contributed by atoms with Crippen LogP contribution in [0.15, 0.2) is 30.5 Å². The molecule has 1 aromatic carbocycles. The molecule has 1 N–H and O–H groups in total. The Bertz CT molecular complexity index is 838. The first kappa shape index (κ1) is 19.6. The molecular formula is C22H25ClN2O2. The molecule has 3 rings (SSSR count). The molecule has 1 aliphatic rings. The molecule has 4 nitrogen and oxygen atoms in total. The lowest BCUT2D eigenvalue weighted by molar-refractivity contribution is -0.118. The van der Waals surface area contributed by atoms with E-state index in [1.54, 1.807) is 12.1 Å². The van der Waals surface area contributed by atoms with Gasteiger partial charge in [-0.1, -0.05) is 29.3 Å². The van der Waals surface area contributed by atoms with Crippen LogP contribution < -0.4 is 5.32 Å². The maximum atomic E-state index is 12.6. The van der Waals surface area contributed by atoms with E-state index in [9.17, 15) is 9.59 Å². The molecule has 1 amide bonds. The number of aryl methyl sites for hydroxylation is 3. The number of Topliss-reactive ketones (excluding diaryl/α,β-unsaturated/α-hetero) is 1. The summed E-state index contributed by atoms with van der Waals surface area (Å²) < 4.78 is 0. The lowest BCUT2D eigenvalue weighted by Gasteiger charge is -2.17. The second-order valence-electron chi connectivity index (χ2n) is 7.54. The van der Waals surface area contributed by atoms with Crippen molar-refractivity contribution in [2.45, 2.75) is 46.0 Å². The molecule has 0 bridgehead atoms. The fourth-order valence-corrected chi connectivity index (χ4v) is 4.32. The number of hydrogen-bond donors (Lipinski definition) is 1. The first-order chi connectivity index (χ1) is 12.8. The number of nitrogens with zero attached hydrogens (tertiary/aromatic N) is 1. The number of aromatic nitrogens is 1. The molecule has 2 aromatic rings. The van der Waals surface area contributed by atoms with Crippen molar-refractivity contribution in [3.63, 3.8) is 0 Å². The second kappa shape index (κ2) is 8.22. The molecule has 0 spiro atoms. The SMILES string of the molecule is Cc1cc(C)c(C2CC(CCNC(=O)c3ccc(Cl)cn3)CC2=O)c(C)c1. The van der Waals surface area contributed by atoms with Crippen molar-refractivity contribution in [2.24, 2.45) is 5.92 Å². The first-order valence-electron chi connectivity index (χ1n) is 9.35. The van der Waals surface area contributed by atoms with Crippen molar-refractivity contribution < 1.29 is 9.59 Å². The summed E-state index contributed by atoms with van der Waals surface area (Å²) in [6.45, 7) is 6.81. The number of nitrogens with one attached hydrogen (secondary N) is 1. The minimum absolute atomic E-state index is 0.00997. The predicted octanol–water partition coefficient (Wildman–Crippen LogP) is 4.54. The molecule has 27 heavy (non-hydrogen) atoms. The number of halogens is 1. The number of hydrogen-bond acceptors (Lipinski definition) is 3. The molecule has 1 aromatic heterocycles. The highest BCUT2D eigenvalue weighted by Gasteiger charge is 2.34.